The van der Waals surface area contributed by atoms with Gasteiger partial charge < -0.3 is 16.8 Å². The van der Waals surface area contributed by atoms with Crippen LogP contribution >= 0.6 is 0 Å². The van der Waals surface area contributed by atoms with E-state index >= 15 is 0 Å². The highest BCUT2D eigenvalue weighted by atomic mass is 14.9. The molecular formula is C11H27N3. The van der Waals surface area contributed by atoms with Gasteiger partial charge in [-0.05, 0) is 38.9 Å². The van der Waals surface area contributed by atoms with Gasteiger partial charge >= 0.3 is 0 Å². The summed E-state index contributed by atoms with van der Waals surface area (Å²) >= 11 is 0. The molecule has 0 aliphatic rings. The Morgan fingerprint density at radius 3 is 2.50 bits per heavy atom. The van der Waals surface area contributed by atoms with Gasteiger partial charge in [0.15, 0.2) is 0 Å². The van der Waals surface area contributed by atoms with Crippen LogP contribution in [0.3, 0.4) is 0 Å². The zero-order chi connectivity index (χ0) is 10.6. The molecule has 14 heavy (non-hydrogen) atoms. The first-order valence-corrected chi connectivity index (χ1v) is 5.97. The predicted octanol–water partition coefficient (Wildman–Crippen LogP) is 1.22. The predicted molar refractivity (Wildman–Crippen MR) is 63.3 cm³/mol. The highest BCUT2D eigenvalue weighted by molar-refractivity contribution is 4.63. The molecule has 0 aromatic heterocycles. The molecule has 0 bridgehead atoms. The molecule has 0 aliphatic heterocycles. The van der Waals surface area contributed by atoms with Crippen molar-refractivity contribution in [3.8, 4) is 0 Å². The average molecular weight is 201 g/mol. The van der Waals surface area contributed by atoms with Crippen molar-refractivity contribution in [2.75, 3.05) is 19.6 Å². The number of rotatable bonds is 10. The summed E-state index contributed by atoms with van der Waals surface area (Å²) in [6.45, 7) is 5.11. The summed E-state index contributed by atoms with van der Waals surface area (Å²) in [5.41, 5.74) is 11.2. The Labute approximate surface area is 88.6 Å². The Bertz CT molecular complexity index is 107. The Balaban J connectivity index is 2.98. The van der Waals surface area contributed by atoms with Gasteiger partial charge in [0.2, 0.25) is 0 Å². The number of nitrogens with two attached hydrogens (primary N) is 2. The van der Waals surface area contributed by atoms with Crippen LogP contribution in [0.4, 0.5) is 0 Å². The van der Waals surface area contributed by atoms with Gasteiger partial charge in [0.1, 0.15) is 0 Å². The Morgan fingerprint density at radius 1 is 1.07 bits per heavy atom. The van der Waals surface area contributed by atoms with Gasteiger partial charge in [-0.3, -0.25) is 0 Å². The summed E-state index contributed by atoms with van der Waals surface area (Å²) in [5, 5.41) is 3.41. The molecule has 0 aromatic rings. The molecule has 5 N–H and O–H groups in total. The van der Waals surface area contributed by atoms with Crippen LogP contribution in [0.5, 0.6) is 0 Å². The fourth-order valence-corrected chi connectivity index (χ4v) is 1.45. The van der Waals surface area contributed by atoms with Crippen molar-refractivity contribution in [2.45, 2.75) is 51.5 Å². The summed E-state index contributed by atoms with van der Waals surface area (Å²) in [6, 6.07) is 0.281. The third-order valence-corrected chi connectivity index (χ3v) is 2.44. The van der Waals surface area contributed by atoms with Gasteiger partial charge in [-0.2, -0.15) is 0 Å². The highest BCUT2D eigenvalue weighted by Gasteiger charge is 1.99. The standard InChI is InChI=1S/C11H27N3/c1-2-3-4-5-9-14-10-7-11(13)6-8-12/h11,14H,2-10,12-13H2,1H3. The minimum atomic E-state index is 0.281. The van der Waals surface area contributed by atoms with Crippen LogP contribution in [-0.4, -0.2) is 25.7 Å². The zero-order valence-corrected chi connectivity index (χ0v) is 9.60. The molecular weight excluding hydrogens is 174 g/mol. The van der Waals surface area contributed by atoms with E-state index in [2.05, 4.69) is 12.2 Å². The summed E-state index contributed by atoms with van der Waals surface area (Å²) in [7, 11) is 0. The molecule has 86 valence electrons. The zero-order valence-electron chi connectivity index (χ0n) is 9.60. The van der Waals surface area contributed by atoms with Crippen LogP contribution in [0.2, 0.25) is 0 Å². The first kappa shape index (κ1) is 13.9. The SMILES string of the molecule is CCCCCCNCCC(N)CCN. The first-order valence-electron chi connectivity index (χ1n) is 5.97. The summed E-state index contributed by atoms with van der Waals surface area (Å²) in [4.78, 5) is 0. The van der Waals surface area contributed by atoms with Crippen LogP contribution in [0.1, 0.15) is 45.4 Å². The molecule has 0 saturated heterocycles. The van der Waals surface area contributed by atoms with Crippen LogP contribution in [-0.2, 0) is 0 Å². The molecule has 0 amide bonds. The molecule has 0 aliphatic carbocycles. The van der Waals surface area contributed by atoms with Gasteiger partial charge in [-0.15, -0.1) is 0 Å². The van der Waals surface area contributed by atoms with E-state index in [1.165, 1.54) is 25.7 Å². The molecule has 3 nitrogen and oxygen atoms in total. The normalized spacial score (nSPS) is 13.1. The van der Waals surface area contributed by atoms with Crippen LogP contribution in [0.15, 0.2) is 0 Å². The number of hydrogen-bond acceptors (Lipinski definition) is 3. The first-order chi connectivity index (χ1) is 6.81. The molecule has 1 atom stereocenters. The van der Waals surface area contributed by atoms with E-state index in [9.17, 15) is 0 Å². The van der Waals surface area contributed by atoms with E-state index in [0.717, 1.165) is 25.9 Å². The van der Waals surface area contributed by atoms with Crippen molar-refractivity contribution >= 4 is 0 Å². The molecule has 0 aromatic carbocycles. The monoisotopic (exact) mass is 201 g/mol. The van der Waals surface area contributed by atoms with Gasteiger partial charge in [-0.25, -0.2) is 0 Å². The van der Waals surface area contributed by atoms with Crippen molar-refractivity contribution < 1.29 is 0 Å². The van der Waals surface area contributed by atoms with Gasteiger partial charge in [0.25, 0.3) is 0 Å². The quantitative estimate of drug-likeness (QED) is 0.466. The molecule has 0 heterocycles. The molecule has 0 saturated carbocycles. The molecule has 3 heteroatoms. The van der Waals surface area contributed by atoms with Crippen LogP contribution < -0.4 is 16.8 Å². The lowest BCUT2D eigenvalue weighted by Crippen LogP contribution is -2.29. The van der Waals surface area contributed by atoms with Crippen molar-refractivity contribution in [3.05, 3.63) is 0 Å². The maximum absolute atomic E-state index is 5.83. The van der Waals surface area contributed by atoms with E-state index < -0.39 is 0 Å². The third kappa shape index (κ3) is 9.96. The molecule has 0 spiro atoms. The third-order valence-electron chi connectivity index (χ3n) is 2.44. The average Bonchev–Trinajstić information content (AvgIpc) is 2.17. The van der Waals surface area contributed by atoms with Crippen molar-refractivity contribution in [2.24, 2.45) is 11.5 Å². The van der Waals surface area contributed by atoms with Crippen molar-refractivity contribution in [3.63, 3.8) is 0 Å². The summed E-state index contributed by atoms with van der Waals surface area (Å²) < 4.78 is 0. The van der Waals surface area contributed by atoms with Crippen molar-refractivity contribution in [1.29, 1.82) is 0 Å². The smallest absolute Gasteiger partial charge is 0.00629 e. The van der Waals surface area contributed by atoms with E-state index in [1.807, 2.05) is 0 Å². The highest BCUT2D eigenvalue weighted by Crippen LogP contribution is 1.97. The van der Waals surface area contributed by atoms with E-state index in [0.29, 0.717) is 6.54 Å². The summed E-state index contributed by atoms with van der Waals surface area (Å²) in [5.74, 6) is 0. The molecule has 0 radical (unpaired) electrons. The lowest BCUT2D eigenvalue weighted by atomic mass is 10.1. The maximum Gasteiger partial charge on any atom is 0.00629 e. The second-order valence-corrected chi connectivity index (χ2v) is 3.94. The molecule has 0 rings (SSSR count). The maximum atomic E-state index is 5.83. The molecule has 1 unspecified atom stereocenters. The largest absolute Gasteiger partial charge is 0.330 e. The Kier molecular flexibility index (Phi) is 10.9. The fourth-order valence-electron chi connectivity index (χ4n) is 1.45. The van der Waals surface area contributed by atoms with Gasteiger partial charge in [0.05, 0.1) is 0 Å². The van der Waals surface area contributed by atoms with Gasteiger partial charge in [0, 0.05) is 6.04 Å². The fraction of sp³-hybridized carbons (Fsp3) is 1.00. The number of nitrogens with one attached hydrogen (secondary N) is 1. The van der Waals surface area contributed by atoms with Gasteiger partial charge in [-0.1, -0.05) is 26.2 Å². The van der Waals surface area contributed by atoms with Crippen LogP contribution in [0.25, 0.3) is 0 Å². The lowest BCUT2D eigenvalue weighted by molar-refractivity contribution is 0.524. The number of unbranched alkanes of at least 4 members (excludes halogenated alkanes) is 3. The number of hydrogen-bond donors (Lipinski definition) is 3. The minimum Gasteiger partial charge on any atom is -0.330 e. The Hall–Kier alpha value is -0.120. The van der Waals surface area contributed by atoms with Crippen LogP contribution in [0, 0.1) is 0 Å². The van der Waals surface area contributed by atoms with E-state index in [4.69, 9.17) is 11.5 Å². The lowest BCUT2D eigenvalue weighted by Gasteiger charge is -2.10. The molecule has 0 fully saturated rings. The van der Waals surface area contributed by atoms with E-state index in [1.54, 1.807) is 0 Å². The second kappa shape index (κ2) is 11.0. The van der Waals surface area contributed by atoms with E-state index in [-0.39, 0.29) is 6.04 Å². The minimum absolute atomic E-state index is 0.281. The Morgan fingerprint density at radius 2 is 1.86 bits per heavy atom. The topological polar surface area (TPSA) is 64.1 Å². The second-order valence-electron chi connectivity index (χ2n) is 3.94. The summed E-state index contributed by atoms with van der Waals surface area (Å²) in [6.07, 6.45) is 7.29. The van der Waals surface area contributed by atoms with Crippen molar-refractivity contribution in [1.82, 2.24) is 5.32 Å².